The average Bonchev–Trinajstić information content (AvgIpc) is 2.68. The lowest BCUT2D eigenvalue weighted by Crippen LogP contribution is -2.44. The summed E-state index contributed by atoms with van der Waals surface area (Å²) >= 11 is 0. The van der Waals surface area contributed by atoms with Gasteiger partial charge in [-0.15, -0.1) is 0 Å². The molecule has 4 unspecified atom stereocenters. The van der Waals surface area contributed by atoms with Crippen LogP contribution in [0.3, 0.4) is 0 Å². The van der Waals surface area contributed by atoms with Gasteiger partial charge in [-0.25, -0.2) is 0 Å². The van der Waals surface area contributed by atoms with Crippen LogP contribution in [0.5, 0.6) is 5.75 Å². The van der Waals surface area contributed by atoms with Crippen molar-refractivity contribution in [3.05, 3.63) is 39.7 Å². The molecule has 0 saturated heterocycles. The highest BCUT2D eigenvalue weighted by Crippen LogP contribution is 2.52. The van der Waals surface area contributed by atoms with Crippen molar-refractivity contribution in [1.82, 2.24) is 0 Å². The van der Waals surface area contributed by atoms with Crippen LogP contribution in [0.1, 0.15) is 29.5 Å². The van der Waals surface area contributed by atoms with E-state index < -0.39 is 57.4 Å². The number of hydrogen-bond acceptors (Lipinski definition) is 8. The van der Waals surface area contributed by atoms with E-state index >= 15 is 0 Å². The first-order valence-corrected chi connectivity index (χ1v) is 12.3. The van der Waals surface area contributed by atoms with Crippen LogP contribution in [0.4, 0.5) is 5.69 Å². The summed E-state index contributed by atoms with van der Waals surface area (Å²) in [6.07, 6.45) is 2.08. The summed E-state index contributed by atoms with van der Waals surface area (Å²) in [6, 6.07) is 1.74. The van der Waals surface area contributed by atoms with E-state index in [0.717, 1.165) is 5.69 Å². The summed E-state index contributed by atoms with van der Waals surface area (Å²) in [4.78, 5) is 39.4. The second-order valence-corrected chi connectivity index (χ2v) is 10.6. The number of hydrogen-bond donors (Lipinski definition) is 4. The quantitative estimate of drug-likeness (QED) is 0.475. The van der Waals surface area contributed by atoms with Crippen molar-refractivity contribution in [2.24, 2.45) is 23.5 Å². The second kappa shape index (κ2) is 8.02. The molecule has 1 aromatic carbocycles. The summed E-state index contributed by atoms with van der Waals surface area (Å²) < 4.78 is 11.8. The van der Waals surface area contributed by atoms with Crippen molar-refractivity contribution in [2.75, 3.05) is 25.3 Å². The maximum Gasteiger partial charge on any atom is 0.255 e. The number of benzene rings is 1. The van der Waals surface area contributed by atoms with E-state index in [1.807, 2.05) is 19.0 Å². The van der Waals surface area contributed by atoms with E-state index in [1.54, 1.807) is 6.07 Å². The molecule has 176 valence electrons. The van der Waals surface area contributed by atoms with Crippen molar-refractivity contribution >= 4 is 39.7 Å². The van der Waals surface area contributed by atoms with Crippen LogP contribution in [0.25, 0.3) is 5.76 Å². The number of nitrogens with zero attached hydrogens (tertiary/aromatic N) is 1. The topological polar surface area (TPSA) is 158 Å². The minimum absolute atomic E-state index is 0.0586. The molecule has 5 N–H and O–H groups in total. The maximum atomic E-state index is 13.5. The molecule has 0 spiro atoms. The molecule has 0 heterocycles. The fourth-order valence-electron chi connectivity index (χ4n) is 5.47. The van der Waals surface area contributed by atoms with Crippen molar-refractivity contribution in [3.8, 4) is 5.75 Å². The smallest absolute Gasteiger partial charge is 0.255 e. The van der Waals surface area contributed by atoms with Crippen molar-refractivity contribution in [3.63, 3.8) is 0 Å². The fourth-order valence-corrected chi connectivity index (χ4v) is 6.13. The highest BCUT2D eigenvalue weighted by molar-refractivity contribution is 7.83. The molecule has 1 amide bonds. The Hall–Kier alpha value is -3.14. The van der Waals surface area contributed by atoms with E-state index in [1.165, 1.54) is 6.26 Å². The van der Waals surface area contributed by atoms with E-state index in [0.29, 0.717) is 24.0 Å². The van der Waals surface area contributed by atoms with Gasteiger partial charge in [0.25, 0.3) is 5.91 Å². The zero-order valence-electron chi connectivity index (χ0n) is 18.5. The Morgan fingerprint density at radius 2 is 1.88 bits per heavy atom. The van der Waals surface area contributed by atoms with E-state index in [-0.39, 0.29) is 34.8 Å². The third kappa shape index (κ3) is 3.52. The van der Waals surface area contributed by atoms with Crippen LogP contribution in [-0.2, 0) is 37.4 Å². The lowest BCUT2D eigenvalue weighted by atomic mass is 9.61. The number of primary amides is 1. The number of aliphatic hydroxyl groups is 2. The minimum Gasteiger partial charge on any atom is -0.511 e. The molecule has 3 aliphatic carbocycles. The molecule has 0 aromatic heterocycles. The van der Waals surface area contributed by atoms with Crippen LogP contribution in [0.2, 0.25) is 0 Å². The largest absolute Gasteiger partial charge is 0.511 e. The van der Waals surface area contributed by atoms with Crippen LogP contribution < -0.4 is 10.6 Å². The highest BCUT2D eigenvalue weighted by atomic mass is 32.2. The SMILES string of the molecule is CN(C)c1cc(CS(C)=O)c(O)c2c1CC1CC3CC(=O)C(C(N)=O)=C(O)C3C(=O)C1=C2O. The predicted octanol–water partition coefficient (Wildman–Crippen LogP) is 1.25. The molecule has 0 aliphatic heterocycles. The Bertz CT molecular complexity index is 1200. The molecule has 4 rings (SSSR count). The Morgan fingerprint density at radius 3 is 2.45 bits per heavy atom. The number of rotatable bonds is 4. The van der Waals surface area contributed by atoms with Gasteiger partial charge >= 0.3 is 0 Å². The molecule has 1 saturated carbocycles. The van der Waals surface area contributed by atoms with Crippen molar-refractivity contribution in [1.29, 1.82) is 0 Å². The molecule has 4 atom stereocenters. The third-order valence-corrected chi connectivity index (χ3v) is 7.50. The summed E-state index contributed by atoms with van der Waals surface area (Å²) in [5.41, 5.74) is 6.61. The number of fused-ring (bicyclic) bond motifs is 3. The zero-order valence-corrected chi connectivity index (χ0v) is 19.4. The average molecular weight is 475 g/mol. The number of Topliss-reactive ketones (excluding diaryl/α,β-unsaturated/α-hetero) is 2. The molecule has 0 bridgehead atoms. The second-order valence-electron chi connectivity index (χ2n) is 9.12. The van der Waals surface area contributed by atoms with Gasteiger partial charge in [-0.05, 0) is 36.3 Å². The van der Waals surface area contributed by atoms with Gasteiger partial charge in [0.2, 0.25) is 0 Å². The van der Waals surface area contributed by atoms with Gasteiger partial charge in [0.1, 0.15) is 22.8 Å². The first-order valence-electron chi connectivity index (χ1n) is 10.5. The van der Waals surface area contributed by atoms with E-state index in [2.05, 4.69) is 0 Å². The number of anilines is 1. The number of ketones is 2. The minimum atomic E-state index is -1.26. The molecule has 3 aliphatic rings. The van der Waals surface area contributed by atoms with Crippen molar-refractivity contribution < 1.29 is 33.9 Å². The molecule has 1 fully saturated rings. The predicted molar refractivity (Wildman–Crippen MR) is 122 cm³/mol. The molecule has 0 radical (unpaired) electrons. The lowest BCUT2D eigenvalue weighted by molar-refractivity contribution is -0.127. The fraction of sp³-hybridized carbons (Fsp3) is 0.435. The molecular weight excluding hydrogens is 448 g/mol. The standard InChI is InChI=1S/C23H26N2O7S/c1-25(2)13-6-11(8-33(3)32)19(27)17-12(13)5-9-4-10-7-14(26)18(23(24)31)22(30)16(10)20(28)15(9)21(17)29/h6,9-10,16,27,29-30H,4-5,7-8H2,1-3H3,(H2,24,31). The van der Waals surface area contributed by atoms with Gasteiger partial charge < -0.3 is 26.0 Å². The number of nitrogens with two attached hydrogens (primary N) is 1. The van der Waals surface area contributed by atoms with Crippen LogP contribution in [-0.4, -0.2) is 57.4 Å². The molecule has 9 nitrogen and oxygen atoms in total. The normalized spacial score (nSPS) is 25.4. The third-order valence-electron chi connectivity index (χ3n) is 6.78. The van der Waals surface area contributed by atoms with Crippen LogP contribution in [0.15, 0.2) is 23.0 Å². The summed E-state index contributed by atoms with van der Waals surface area (Å²) in [7, 11) is 2.37. The molecule has 10 heteroatoms. The first-order chi connectivity index (χ1) is 15.4. The Morgan fingerprint density at radius 1 is 1.21 bits per heavy atom. The van der Waals surface area contributed by atoms with Crippen LogP contribution in [0, 0.1) is 17.8 Å². The molecular formula is C23H26N2O7S. The maximum absolute atomic E-state index is 13.5. The molecule has 1 aromatic rings. The summed E-state index contributed by atoms with van der Waals surface area (Å²) in [6.45, 7) is 0. The number of carbonyl (C=O) groups excluding carboxylic acids is 3. The number of amides is 1. The van der Waals surface area contributed by atoms with Gasteiger partial charge in [0, 0.05) is 54.4 Å². The Kier molecular flexibility index (Phi) is 5.60. The number of phenols is 1. The lowest BCUT2D eigenvalue weighted by Gasteiger charge is -2.41. The van der Waals surface area contributed by atoms with Crippen LogP contribution >= 0.6 is 0 Å². The van der Waals surface area contributed by atoms with Gasteiger partial charge in [-0.3, -0.25) is 18.6 Å². The van der Waals surface area contributed by atoms with Gasteiger partial charge in [0.15, 0.2) is 11.6 Å². The number of aromatic hydroxyl groups is 1. The monoisotopic (exact) mass is 474 g/mol. The Labute approximate surface area is 193 Å². The summed E-state index contributed by atoms with van der Waals surface area (Å²) in [5, 5.41) is 32.8. The van der Waals surface area contributed by atoms with E-state index in [4.69, 9.17) is 5.73 Å². The number of allylic oxidation sites excluding steroid dienone is 2. The number of aliphatic hydroxyl groups excluding tert-OH is 2. The highest BCUT2D eigenvalue weighted by Gasteiger charge is 2.51. The zero-order chi connectivity index (χ0) is 24.4. The van der Waals surface area contributed by atoms with E-state index in [9.17, 15) is 33.9 Å². The number of carbonyl (C=O) groups is 3. The van der Waals surface area contributed by atoms with Crippen molar-refractivity contribution in [2.45, 2.75) is 25.0 Å². The Balaban J connectivity index is 1.92. The summed E-state index contributed by atoms with van der Waals surface area (Å²) in [5.74, 6) is -5.57. The van der Waals surface area contributed by atoms with Gasteiger partial charge in [-0.2, -0.15) is 0 Å². The van der Waals surface area contributed by atoms with Gasteiger partial charge in [0.05, 0.1) is 17.2 Å². The number of phenolic OH excluding ortho intramolecular Hbond substituents is 1. The van der Waals surface area contributed by atoms with Gasteiger partial charge in [-0.1, -0.05) is 0 Å². The first kappa shape index (κ1) is 23.0. The molecule has 33 heavy (non-hydrogen) atoms.